The molecule has 1 aliphatic rings. The maximum absolute atomic E-state index is 11.7. The van der Waals surface area contributed by atoms with Gasteiger partial charge in [0.05, 0.1) is 12.3 Å². The van der Waals surface area contributed by atoms with E-state index in [1.807, 2.05) is 6.08 Å². The number of likely N-dealkylation sites (N-methyl/N-ethyl adjacent to an activating group) is 1. The van der Waals surface area contributed by atoms with E-state index in [-0.39, 0.29) is 18.1 Å². The van der Waals surface area contributed by atoms with Crippen molar-refractivity contribution in [2.24, 2.45) is 5.92 Å². The van der Waals surface area contributed by atoms with Crippen molar-refractivity contribution in [1.82, 2.24) is 10.6 Å². The zero-order chi connectivity index (χ0) is 12.7. The van der Waals surface area contributed by atoms with Crippen LogP contribution in [0.15, 0.2) is 12.3 Å². The van der Waals surface area contributed by atoms with Gasteiger partial charge in [0.2, 0.25) is 5.91 Å². The fraction of sp³-hybridized carbons (Fsp3) is 0.769. The molecule has 1 aliphatic heterocycles. The van der Waals surface area contributed by atoms with Crippen molar-refractivity contribution in [2.75, 3.05) is 13.6 Å². The molecule has 1 heterocycles. The number of carbonyl (C=O) groups excluding carboxylic acids is 1. The Hall–Kier alpha value is -1.03. The molecule has 0 aromatic rings. The lowest BCUT2D eigenvalue weighted by molar-refractivity contribution is -0.123. The molecule has 0 aromatic heterocycles. The molecule has 4 heteroatoms. The Labute approximate surface area is 104 Å². The second-order valence-corrected chi connectivity index (χ2v) is 4.91. The molecule has 0 saturated carbocycles. The summed E-state index contributed by atoms with van der Waals surface area (Å²) in [5.74, 6) is 0.557. The number of amides is 1. The molecule has 0 spiro atoms. The van der Waals surface area contributed by atoms with Crippen LogP contribution in [0, 0.1) is 5.92 Å². The summed E-state index contributed by atoms with van der Waals surface area (Å²) in [4.78, 5) is 11.7. The fourth-order valence-corrected chi connectivity index (χ4v) is 1.94. The molecular formula is C13H24N2O2. The fourth-order valence-electron chi connectivity index (χ4n) is 1.94. The number of carbonyl (C=O) groups is 1. The highest BCUT2D eigenvalue weighted by atomic mass is 16.5. The Balaban J connectivity index is 2.37. The summed E-state index contributed by atoms with van der Waals surface area (Å²) >= 11 is 0. The molecule has 2 unspecified atom stereocenters. The third-order valence-corrected chi connectivity index (χ3v) is 2.88. The number of hydrogen-bond acceptors (Lipinski definition) is 3. The van der Waals surface area contributed by atoms with Gasteiger partial charge in [0, 0.05) is 13.6 Å². The van der Waals surface area contributed by atoms with Crippen molar-refractivity contribution < 1.29 is 9.53 Å². The quantitative estimate of drug-likeness (QED) is 0.738. The SMILES string of the molecule is CNC(=O)C(CC(C)C)NCC1CCC=CO1. The van der Waals surface area contributed by atoms with Crippen LogP contribution in [0.5, 0.6) is 0 Å². The summed E-state index contributed by atoms with van der Waals surface area (Å²) in [7, 11) is 1.68. The third kappa shape index (κ3) is 5.22. The van der Waals surface area contributed by atoms with Gasteiger partial charge in [-0.2, -0.15) is 0 Å². The molecule has 0 aliphatic carbocycles. The third-order valence-electron chi connectivity index (χ3n) is 2.88. The zero-order valence-electron chi connectivity index (χ0n) is 11.0. The maximum atomic E-state index is 11.7. The van der Waals surface area contributed by atoms with Crippen LogP contribution < -0.4 is 10.6 Å². The van der Waals surface area contributed by atoms with Gasteiger partial charge in [-0.05, 0) is 31.3 Å². The van der Waals surface area contributed by atoms with Gasteiger partial charge in [-0.3, -0.25) is 4.79 Å². The molecule has 0 aromatic carbocycles. The highest BCUT2D eigenvalue weighted by Crippen LogP contribution is 2.10. The Morgan fingerprint density at radius 2 is 2.29 bits per heavy atom. The molecule has 1 rings (SSSR count). The lowest BCUT2D eigenvalue weighted by Crippen LogP contribution is -2.46. The molecular weight excluding hydrogens is 216 g/mol. The van der Waals surface area contributed by atoms with Gasteiger partial charge >= 0.3 is 0 Å². The van der Waals surface area contributed by atoms with Gasteiger partial charge < -0.3 is 15.4 Å². The highest BCUT2D eigenvalue weighted by molar-refractivity contribution is 5.81. The molecule has 2 atom stereocenters. The first-order chi connectivity index (χ1) is 8.13. The first kappa shape index (κ1) is 14.0. The molecule has 2 N–H and O–H groups in total. The lowest BCUT2D eigenvalue weighted by atomic mass is 10.0. The predicted molar refractivity (Wildman–Crippen MR) is 68.6 cm³/mol. The minimum atomic E-state index is -0.116. The lowest BCUT2D eigenvalue weighted by Gasteiger charge is -2.24. The maximum Gasteiger partial charge on any atom is 0.236 e. The van der Waals surface area contributed by atoms with E-state index in [1.165, 1.54) is 0 Å². The molecule has 98 valence electrons. The molecule has 4 nitrogen and oxygen atoms in total. The van der Waals surface area contributed by atoms with E-state index < -0.39 is 0 Å². The van der Waals surface area contributed by atoms with Crippen LogP contribution in [0.1, 0.15) is 33.1 Å². The minimum Gasteiger partial charge on any atom is -0.497 e. The first-order valence-corrected chi connectivity index (χ1v) is 6.39. The summed E-state index contributed by atoms with van der Waals surface area (Å²) in [5, 5.41) is 6.00. The van der Waals surface area contributed by atoms with E-state index >= 15 is 0 Å². The van der Waals surface area contributed by atoms with Crippen LogP contribution in [-0.4, -0.2) is 31.6 Å². The van der Waals surface area contributed by atoms with E-state index in [0.717, 1.165) is 25.8 Å². The van der Waals surface area contributed by atoms with Crippen molar-refractivity contribution >= 4 is 5.91 Å². The highest BCUT2D eigenvalue weighted by Gasteiger charge is 2.20. The molecule has 0 fully saturated rings. The number of rotatable bonds is 6. The van der Waals surface area contributed by atoms with Gasteiger partial charge in [0.1, 0.15) is 6.10 Å². The zero-order valence-corrected chi connectivity index (χ0v) is 11.0. The molecule has 0 saturated heterocycles. The average molecular weight is 240 g/mol. The van der Waals surface area contributed by atoms with E-state index in [1.54, 1.807) is 13.3 Å². The Bertz CT molecular complexity index is 264. The number of allylic oxidation sites excluding steroid dienone is 1. The summed E-state index contributed by atoms with van der Waals surface area (Å²) < 4.78 is 5.47. The average Bonchev–Trinajstić information content (AvgIpc) is 2.34. The number of ether oxygens (including phenoxy) is 1. The van der Waals surface area contributed by atoms with Gasteiger partial charge in [0.15, 0.2) is 0 Å². The molecule has 1 amide bonds. The van der Waals surface area contributed by atoms with Gasteiger partial charge in [-0.15, -0.1) is 0 Å². The van der Waals surface area contributed by atoms with Crippen LogP contribution >= 0.6 is 0 Å². The second kappa shape index (κ2) is 7.33. The predicted octanol–water partition coefficient (Wildman–Crippen LogP) is 1.43. The van der Waals surface area contributed by atoms with E-state index in [0.29, 0.717) is 5.92 Å². The Morgan fingerprint density at radius 3 is 2.82 bits per heavy atom. The Morgan fingerprint density at radius 1 is 1.53 bits per heavy atom. The van der Waals surface area contributed by atoms with Crippen LogP contribution in [-0.2, 0) is 9.53 Å². The number of hydrogen-bond donors (Lipinski definition) is 2. The van der Waals surface area contributed by atoms with Crippen molar-refractivity contribution in [3.05, 3.63) is 12.3 Å². The minimum absolute atomic E-state index is 0.0602. The van der Waals surface area contributed by atoms with Crippen LogP contribution in [0.3, 0.4) is 0 Å². The van der Waals surface area contributed by atoms with Crippen LogP contribution in [0.25, 0.3) is 0 Å². The first-order valence-electron chi connectivity index (χ1n) is 6.39. The van der Waals surface area contributed by atoms with Gasteiger partial charge in [-0.1, -0.05) is 13.8 Å². The van der Waals surface area contributed by atoms with Crippen molar-refractivity contribution in [3.63, 3.8) is 0 Å². The standard InChI is InChI=1S/C13H24N2O2/c1-10(2)8-12(13(16)14-3)15-9-11-6-4-5-7-17-11/h5,7,10-12,15H,4,6,8-9H2,1-3H3,(H,14,16). The molecule has 0 bridgehead atoms. The van der Waals surface area contributed by atoms with Crippen molar-refractivity contribution in [1.29, 1.82) is 0 Å². The van der Waals surface area contributed by atoms with Gasteiger partial charge in [0.25, 0.3) is 0 Å². The summed E-state index contributed by atoms with van der Waals surface area (Å²) in [5.41, 5.74) is 0. The van der Waals surface area contributed by atoms with Gasteiger partial charge in [-0.25, -0.2) is 0 Å². The number of nitrogens with one attached hydrogen (secondary N) is 2. The monoisotopic (exact) mass is 240 g/mol. The topological polar surface area (TPSA) is 50.4 Å². The van der Waals surface area contributed by atoms with E-state index in [9.17, 15) is 4.79 Å². The van der Waals surface area contributed by atoms with Crippen LogP contribution in [0.2, 0.25) is 0 Å². The molecule has 17 heavy (non-hydrogen) atoms. The van der Waals surface area contributed by atoms with E-state index in [4.69, 9.17) is 4.74 Å². The van der Waals surface area contributed by atoms with Crippen molar-refractivity contribution in [2.45, 2.75) is 45.3 Å². The summed E-state index contributed by atoms with van der Waals surface area (Å²) in [6.07, 6.45) is 6.91. The largest absolute Gasteiger partial charge is 0.497 e. The second-order valence-electron chi connectivity index (χ2n) is 4.91. The van der Waals surface area contributed by atoms with Crippen molar-refractivity contribution in [3.8, 4) is 0 Å². The summed E-state index contributed by atoms with van der Waals surface area (Å²) in [6, 6.07) is -0.116. The Kier molecular flexibility index (Phi) is 6.05. The van der Waals surface area contributed by atoms with E-state index in [2.05, 4.69) is 24.5 Å². The normalized spacial score (nSPS) is 21.1. The van der Waals surface area contributed by atoms with Crippen LogP contribution in [0.4, 0.5) is 0 Å². The summed E-state index contributed by atoms with van der Waals surface area (Å²) in [6.45, 7) is 4.98. The molecule has 0 radical (unpaired) electrons. The smallest absolute Gasteiger partial charge is 0.236 e.